The third-order valence-corrected chi connectivity index (χ3v) is 3.50. The summed E-state index contributed by atoms with van der Waals surface area (Å²) in [4.78, 5) is 0. The summed E-state index contributed by atoms with van der Waals surface area (Å²) in [5, 5.41) is 13.6. The van der Waals surface area contributed by atoms with Gasteiger partial charge in [0.25, 0.3) is 0 Å². The maximum atomic E-state index is 12.7. The van der Waals surface area contributed by atoms with E-state index in [2.05, 4.69) is 5.32 Å². The fraction of sp³-hybridized carbons (Fsp3) is 0.571. The molecule has 0 bridgehead atoms. The number of nitrogens with one attached hydrogen (secondary N) is 1. The molecule has 0 radical (unpaired) electrons. The number of halogens is 1. The van der Waals surface area contributed by atoms with Crippen molar-refractivity contribution in [2.24, 2.45) is 0 Å². The minimum Gasteiger partial charge on any atom is -0.388 e. The van der Waals surface area contributed by atoms with Crippen molar-refractivity contribution < 1.29 is 9.50 Å². The normalized spacial score (nSPS) is 19.6. The molecule has 2 rings (SSSR count). The molecule has 1 aromatic rings. The van der Waals surface area contributed by atoms with Crippen LogP contribution < -0.4 is 5.32 Å². The highest BCUT2D eigenvalue weighted by molar-refractivity contribution is 5.43. The molecule has 0 heterocycles. The Labute approximate surface area is 102 Å². The maximum absolute atomic E-state index is 12.7. The fourth-order valence-corrected chi connectivity index (χ4v) is 2.40. The molecule has 0 aromatic heterocycles. The van der Waals surface area contributed by atoms with Gasteiger partial charge in [-0.15, -0.1) is 0 Å². The zero-order chi connectivity index (χ0) is 12.1. The molecule has 0 amide bonds. The van der Waals surface area contributed by atoms with Gasteiger partial charge in [-0.1, -0.05) is 25.7 Å². The Morgan fingerprint density at radius 2 is 1.65 bits per heavy atom. The highest BCUT2D eigenvalue weighted by Crippen LogP contribution is 2.27. The Morgan fingerprint density at radius 1 is 1.06 bits per heavy atom. The van der Waals surface area contributed by atoms with E-state index in [1.54, 1.807) is 12.1 Å². The second kappa shape index (κ2) is 5.50. The molecule has 0 spiro atoms. The third-order valence-electron chi connectivity index (χ3n) is 3.50. The lowest BCUT2D eigenvalue weighted by Gasteiger charge is -2.27. The highest BCUT2D eigenvalue weighted by atomic mass is 19.1. The van der Waals surface area contributed by atoms with Crippen LogP contribution in [-0.4, -0.2) is 17.3 Å². The molecule has 0 atom stereocenters. The van der Waals surface area contributed by atoms with Gasteiger partial charge in [0.05, 0.1) is 5.60 Å². The van der Waals surface area contributed by atoms with Crippen molar-refractivity contribution in [2.45, 2.75) is 44.1 Å². The molecule has 0 aliphatic heterocycles. The first kappa shape index (κ1) is 12.4. The van der Waals surface area contributed by atoms with E-state index >= 15 is 0 Å². The van der Waals surface area contributed by atoms with Crippen LogP contribution in [-0.2, 0) is 0 Å². The molecule has 1 aliphatic rings. The van der Waals surface area contributed by atoms with Gasteiger partial charge in [0.1, 0.15) is 5.82 Å². The van der Waals surface area contributed by atoms with Gasteiger partial charge in [-0.3, -0.25) is 0 Å². The Hall–Kier alpha value is -1.09. The SMILES string of the molecule is OC1(CNc2ccc(F)cc2)CCCCCC1. The van der Waals surface area contributed by atoms with Crippen molar-refractivity contribution in [1.82, 2.24) is 0 Å². The number of hydrogen-bond donors (Lipinski definition) is 2. The molecule has 94 valence electrons. The number of aliphatic hydroxyl groups is 1. The Balaban J connectivity index is 1.89. The van der Waals surface area contributed by atoms with Gasteiger partial charge >= 0.3 is 0 Å². The van der Waals surface area contributed by atoms with Crippen molar-refractivity contribution in [2.75, 3.05) is 11.9 Å². The van der Waals surface area contributed by atoms with Crippen LogP contribution in [0.25, 0.3) is 0 Å². The number of rotatable bonds is 3. The van der Waals surface area contributed by atoms with Crippen LogP contribution in [0.3, 0.4) is 0 Å². The van der Waals surface area contributed by atoms with Crippen LogP contribution in [0.1, 0.15) is 38.5 Å². The van der Waals surface area contributed by atoms with Gasteiger partial charge in [0.15, 0.2) is 0 Å². The highest BCUT2D eigenvalue weighted by Gasteiger charge is 2.27. The Bertz CT molecular complexity index is 342. The van der Waals surface area contributed by atoms with E-state index < -0.39 is 5.60 Å². The molecule has 0 unspecified atom stereocenters. The fourth-order valence-electron chi connectivity index (χ4n) is 2.40. The number of benzene rings is 1. The van der Waals surface area contributed by atoms with Crippen molar-refractivity contribution in [3.05, 3.63) is 30.1 Å². The third kappa shape index (κ3) is 3.70. The lowest BCUT2D eigenvalue weighted by molar-refractivity contribution is 0.0381. The summed E-state index contributed by atoms with van der Waals surface area (Å²) in [5.41, 5.74) is 0.273. The van der Waals surface area contributed by atoms with Gasteiger partial charge < -0.3 is 10.4 Å². The predicted octanol–water partition coefficient (Wildman–Crippen LogP) is 3.32. The zero-order valence-electron chi connectivity index (χ0n) is 10.1. The van der Waals surface area contributed by atoms with Crippen LogP contribution in [0.4, 0.5) is 10.1 Å². The summed E-state index contributed by atoms with van der Waals surface area (Å²) in [6.45, 7) is 0.554. The number of anilines is 1. The van der Waals surface area contributed by atoms with Crippen molar-refractivity contribution >= 4 is 5.69 Å². The summed E-state index contributed by atoms with van der Waals surface area (Å²) in [7, 11) is 0. The molecule has 1 fully saturated rings. The van der Waals surface area contributed by atoms with Crippen molar-refractivity contribution in [3.8, 4) is 0 Å². The summed E-state index contributed by atoms with van der Waals surface area (Å²) < 4.78 is 12.7. The summed E-state index contributed by atoms with van der Waals surface area (Å²) in [6, 6.07) is 6.27. The minimum atomic E-state index is -0.592. The monoisotopic (exact) mass is 237 g/mol. The smallest absolute Gasteiger partial charge is 0.123 e. The van der Waals surface area contributed by atoms with Gasteiger partial charge in [-0.05, 0) is 37.1 Å². The van der Waals surface area contributed by atoms with Crippen LogP contribution in [0.2, 0.25) is 0 Å². The van der Waals surface area contributed by atoms with Crippen LogP contribution >= 0.6 is 0 Å². The summed E-state index contributed by atoms with van der Waals surface area (Å²) >= 11 is 0. The van der Waals surface area contributed by atoms with E-state index in [4.69, 9.17) is 0 Å². The van der Waals surface area contributed by atoms with Gasteiger partial charge in [0, 0.05) is 12.2 Å². The lowest BCUT2D eigenvalue weighted by Crippen LogP contribution is -2.36. The molecule has 17 heavy (non-hydrogen) atoms. The maximum Gasteiger partial charge on any atom is 0.123 e. The summed E-state index contributed by atoms with van der Waals surface area (Å²) in [6.07, 6.45) is 6.36. The van der Waals surface area contributed by atoms with E-state index in [1.807, 2.05) is 0 Å². The van der Waals surface area contributed by atoms with Crippen LogP contribution in [0.15, 0.2) is 24.3 Å². The van der Waals surface area contributed by atoms with Gasteiger partial charge in [0.2, 0.25) is 0 Å². The predicted molar refractivity (Wildman–Crippen MR) is 67.5 cm³/mol. The standard InChI is InChI=1S/C14H20FNO/c15-12-5-7-13(8-6-12)16-11-14(17)9-3-1-2-4-10-14/h5-8,16-17H,1-4,9-11H2. The second-order valence-corrected chi connectivity index (χ2v) is 5.00. The Kier molecular flexibility index (Phi) is 4.00. The van der Waals surface area contributed by atoms with Crippen molar-refractivity contribution in [3.63, 3.8) is 0 Å². The molecular weight excluding hydrogens is 217 g/mol. The van der Waals surface area contributed by atoms with Gasteiger partial charge in [-0.2, -0.15) is 0 Å². The van der Waals surface area contributed by atoms with Crippen LogP contribution in [0, 0.1) is 5.82 Å². The van der Waals surface area contributed by atoms with Crippen molar-refractivity contribution in [1.29, 1.82) is 0 Å². The van der Waals surface area contributed by atoms with E-state index in [9.17, 15) is 9.50 Å². The molecule has 3 heteroatoms. The average Bonchev–Trinajstić information content (AvgIpc) is 2.54. The Morgan fingerprint density at radius 3 is 2.24 bits per heavy atom. The lowest BCUT2D eigenvalue weighted by atomic mass is 9.94. The summed E-state index contributed by atoms with van der Waals surface area (Å²) in [5.74, 6) is -0.233. The molecule has 1 aliphatic carbocycles. The first-order valence-electron chi connectivity index (χ1n) is 6.40. The molecule has 0 saturated heterocycles. The zero-order valence-corrected chi connectivity index (χ0v) is 10.1. The minimum absolute atomic E-state index is 0.233. The second-order valence-electron chi connectivity index (χ2n) is 5.00. The topological polar surface area (TPSA) is 32.3 Å². The quantitative estimate of drug-likeness (QED) is 0.790. The molecule has 1 saturated carbocycles. The van der Waals surface area contributed by atoms with E-state index in [0.717, 1.165) is 31.4 Å². The van der Waals surface area contributed by atoms with Gasteiger partial charge in [-0.25, -0.2) is 4.39 Å². The van der Waals surface area contributed by atoms with E-state index in [0.29, 0.717) is 6.54 Å². The molecule has 1 aromatic carbocycles. The van der Waals surface area contributed by atoms with E-state index in [1.165, 1.54) is 25.0 Å². The van der Waals surface area contributed by atoms with Crippen LogP contribution in [0.5, 0.6) is 0 Å². The number of hydrogen-bond acceptors (Lipinski definition) is 2. The first-order chi connectivity index (χ1) is 8.18. The first-order valence-corrected chi connectivity index (χ1v) is 6.40. The van der Waals surface area contributed by atoms with E-state index in [-0.39, 0.29) is 5.82 Å². The molecular formula is C14H20FNO. The molecule has 2 nitrogen and oxygen atoms in total. The largest absolute Gasteiger partial charge is 0.388 e. The average molecular weight is 237 g/mol. The molecule has 2 N–H and O–H groups in total.